The van der Waals surface area contributed by atoms with Crippen molar-refractivity contribution in [3.05, 3.63) is 40.5 Å². The fraction of sp³-hybridized carbons (Fsp3) is 0.667. The van der Waals surface area contributed by atoms with Crippen LogP contribution in [0.25, 0.3) is 0 Å². The van der Waals surface area contributed by atoms with Gasteiger partial charge in [0.05, 0.1) is 6.61 Å². The number of allylic oxidation sites excluding steroid dienone is 2. The van der Waals surface area contributed by atoms with Gasteiger partial charge in [0.1, 0.15) is 5.75 Å². The Morgan fingerprint density at radius 1 is 1.28 bits per heavy atom. The zero-order valence-corrected chi connectivity index (χ0v) is 17.3. The van der Waals surface area contributed by atoms with Gasteiger partial charge in [-0.1, -0.05) is 44.9 Å². The van der Waals surface area contributed by atoms with E-state index in [9.17, 15) is 0 Å². The summed E-state index contributed by atoms with van der Waals surface area (Å²) in [5.74, 6) is 3.20. The Kier molecular flexibility index (Phi) is 7.59. The van der Waals surface area contributed by atoms with Crippen LogP contribution < -0.4 is 4.74 Å². The van der Waals surface area contributed by atoms with Gasteiger partial charge in [-0.05, 0) is 87.8 Å². The van der Waals surface area contributed by atoms with Gasteiger partial charge in [0.2, 0.25) is 0 Å². The summed E-state index contributed by atoms with van der Waals surface area (Å²) in [6, 6.07) is 4.71. The lowest BCUT2D eigenvalue weighted by atomic mass is 9.71. The molecule has 0 fully saturated rings. The molecule has 0 spiro atoms. The Hall–Kier alpha value is -1.24. The van der Waals surface area contributed by atoms with Crippen LogP contribution in [0.4, 0.5) is 0 Å². The number of hydrogen-bond acceptors (Lipinski definition) is 1. The highest BCUT2D eigenvalue weighted by molar-refractivity contribution is 5.49. The molecule has 0 aliphatic heterocycles. The molecule has 0 N–H and O–H groups in total. The van der Waals surface area contributed by atoms with Gasteiger partial charge in [-0.2, -0.15) is 0 Å². The van der Waals surface area contributed by atoms with E-state index in [0.717, 1.165) is 24.7 Å². The lowest BCUT2D eigenvalue weighted by Gasteiger charge is -2.35. The maximum atomic E-state index is 6.23. The first-order valence-electron chi connectivity index (χ1n) is 10.3. The van der Waals surface area contributed by atoms with E-state index in [1.54, 1.807) is 5.56 Å². The predicted octanol–water partition coefficient (Wildman–Crippen LogP) is 7.54. The molecule has 0 heterocycles. The summed E-state index contributed by atoms with van der Waals surface area (Å²) >= 11 is 0. The maximum absolute atomic E-state index is 6.23. The number of ether oxygens (including phenoxy) is 1. The molecule has 1 heteroatoms. The first kappa shape index (κ1) is 20.1. The number of benzene rings is 1. The summed E-state index contributed by atoms with van der Waals surface area (Å²) in [4.78, 5) is 0. The van der Waals surface area contributed by atoms with E-state index in [1.165, 1.54) is 48.8 Å². The molecule has 1 aromatic carbocycles. The van der Waals surface area contributed by atoms with Crippen molar-refractivity contribution in [2.45, 2.75) is 91.9 Å². The summed E-state index contributed by atoms with van der Waals surface area (Å²) in [5, 5.41) is 0. The number of unbranched alkanes of at least 4 members (excludes halogenated alkanes) is 1. The molecule has 1 aliphatic carbocycles. The minimum absolute atomic E-state index is 0.619. The van der Waals surface area contributed by atoms with Crippen molar-refractivity contribution in [3.8, 4) is 5.75 Å². The van der Waals surface area contributed by atoms with E-state index < -0.39 is 0 Å². The SMILES string of the molecule is CCCCOc1cc(C)cc2c1[C@H](C)CCC2[C@@H](C)CCC=C(C)C. The number of hydrogen-bond donors (Lipinski definition) is 0. The maximum Gasteiger partial charge on any atom is 0.123 e. The van der Waals surface area contributed by atoms with E-state index in [-0.39, 0.29) is 0 Å². The standard InChI is InChI=1S/C24H38O/c1-7-8-14-25-23-16-18(4)15-22-21(13-12-20(6)24(22)23)19(5)11-9-10-17(2)3/h10,15-16,19-21H,7-9,11-14H2,1-6H3/t19-,20+,21?/m0/s1. The van der Waals surface area contributed by atoms with Crippen molar-refractivity contribution in [2.75, 3.05) is 6.61 Å². The molecule has 1 aliphatic rings. The molecule has 1 aromatic rings. The Morgan fingerprint density at radius 2 is 2.04 bits per heavy atom. The van der Waals surface area contributed by atoms with Crippen molar-refractivity contribution in [1.82, 2.24) is 0 Å². The second-order valence-corrected chi connectivity index (χ2v) is 8.39. The molecular formula is C24H38O. The molecule has 0 aromatic heterocycles. The Balaban J connectivity index is 2.25. The lowest BCUT2D eigenvalue weighted by Crippen LogP contribution is -2.20. The highest BCUT2D eigenvalue weighted by Crippen LogP contribution is 2.47. The molecule has 140 valence electrons. The van der Waals surface area contributed by atoms with Gasteiger partial charge in [0.15, 0.2) is 0 Å². The van der Waals surface area contributed by atoms with E-state index in [4.69, 9.17) is 4.74 Å². The fourth-order valence-corrected chi connectivity index (χ4v) is 4.23. The third-order valence-corrected chi connectivity index (χ3v) is 5.74. The Bertz CT molecular complexity index is 580. The van der Waals surface area contributed by atoms with Gasteiger partial charge in [0.25, 0.3) is 0 Å². The third-order valence-electron chi connectivity index (χ3n) is 5.74. The highest BCUT2D eigenvalue weighted by atomic mass is 16.5. The normalized spacial score (nSPS) is 20.7. The molecule has 3 atom stereocenters. The van der Waals surface area contributed by atoms with Crippen molar-refractivity contribution in [1.29, 1.82) is 0 Å². The van der Waals surface area contributed by atoms with Crippen LogP contribution in [0, 0.1) is 12.8 Å². The summed E-state index contributed by atoms with van der Waals surface area (Å²) in [6.07, 6.45) is 9.81. The van der Waals surface area contributed by atoms with Crippen LogP contribution in [0.15, 0.2) is 23.8 Å². The van der Waals surface area contributed by atoms with E-state index >= 15 is 0 Å². The van der Waals surface area contributed by atoms with Crippen LogP contribution in [-0.2, 0) is 0 Å². The van der Waals surface area contributed by atoms with Crippen LogP contribution >= 0.6 is 0 Å². The molecule has 25 heavy (non-hydrogen) atoms. The van der Waals surface area contributed by atoms with Gasteiger partial charge in [-0.3, -0.25) is 0 Å². The molecule has 0 amide bonds. The largest absolute Gasteiger partial charge is 0.493 e. The fourth-order valence-electron chi connectivity index (χ4n) is 4.23. The van der Waals surface area contributed by atoms with Gasteiger partial charge >= 0.3 is 0 Å². The van der Waals surface area contributed by atoms with Crippen molar-refractivity contribution < 1.29 is 4.74 Å². The molecule has 0 saturated heterocycles. The van der Waals surface area contributed by atoms with E-state index in [2.05, 4.69) is 59.8 Å². The zero-order chi connectivity index (χ0) is 18.4. The summed E-state index contributed by atoms with van der Waals surface area (Å²) < 4.78 is 6.23. The van der Waals surface area contributed by atoms with Crippen molar-refractivity contribution in [2.24, 2.45) is 5.92 Å². The minimum Gasteiger partial charge on any atom is -0.493 e. The van der Waals surface area contributed by atoms with Gasteiger partial charge in [-0.25, -0.2) is 0 Å². The summed E-state index contributed by atoms with van der Waals surface area (Å²) in [7, 11) is 0. The van der Waals surface area contributed by atoms with Gasteiger partial charge in [0, 0.05) is 5.56 Å². The molecule has 2 rings (SSSR count). The molecule has 1 nitrogen and oxygen atoms in total. The lowest BCUT2D eigenvalue weighted by molar-refractivity contribution is 0.296. The molecule has 0 bridgehead atoms. The second-order valence-electron chi connectivity index (χ2n) is 8.39. The third kappa shape index (κ3) is 5.36. The van der Waals surface area contributed by atoms with Crippen LogP contribution in [0.1, 0.15) is 102 Å². The quantitative estimate of drug-likeness (QED) is 0.350. The minimum atomic E-state index is 0.619. The number of rotatable bonds is 8. The summed E-state index contributed by atoms with van der Waals surface area (Å²) in [5.41, 5.74) is 5.87. The van der Waals surface area contributed by atoms with Gasteiger partial charge < -0.3 is 4.74 Å². The number of fused-ring (bicyclic) bond motifs is 1. The van der Waals surface area contributed by atoms with E-state index in [0.29, 0.717) is 11.8 Å². The highest BCUT2D eigenvalue weighted by Gasteiger charge is 2.31. The molecular weight excluding hydrogens is 304 g/mol. The van der Waals surface area contributed by atoms with Crippen LogP contribution in [0.2, 0.25) is 0 Å². The number of aryl methyl sites for hydroxylation is 1. The summed E-state index contributed by atoms with van der Waals surface area (Å²) in [6.45, 7) is 14.5. The molecule has 0 radical (unpaired) electrons. The Labute approximate surface area is 155 Å². The van der Waals surface area contributed by atoms with Crippen LogP contribution in [-0.4, -0.2) is 6.61 Å². The van der Waals surface area contributed by atoms with Crippen molar-refractivity contribution >= 4 is 0 Å². The van der Waals surface area contributed by atoms with Crippen LogP contribution in [0.3, 0.4) is 0 Å². The monoisotopic (exact) mass is 342 g/mol. The average molecular weight is 343 g/mol. The Morgan fingerprint density at radius 3 is 2.72 bits per heavy atom. The average Bonchev–Trinajstić information content (AvgIpc) is 2.54. The first-order valence-corrected chi connectivity index (χ1v) is 10.3. The zero-order valence-electron chi connectivity index (χ0n) is 17.3. The van der Waals surface area contributed by atoms with Gasteiger partial charge in [-0.15, -0.1) is 0 Å². The van der Waals surface area contributed by atoms with E-state index in [1.807, 2.05) is 0 Å². The van der Waals surface area contributed by atoms with Crippen LogP contribution in [0.5, 0.6) is 5.75 Å². The predicted molar refractivity (Wildman–Crippen MR) is 110 cm³/mol. The second kappa shape index (κ2) is 9.46. The first-order chi connectivity index (χ1) is 11.9. The molecule has 1 unspecified atom stereocenters. The van der Waals surface area contributed by atoms with Crippen molar-refractivity contribution in [3.63, 3.8) is 0 Å². The smallest absolute Gasteiger partial charge is 0.123 e. The topological polar surface area (TPSA) is 9.23 Å². The molecule has 0 saturated carbocycles.